The molecule has 0 aromatic rings. The van der Waals surface area contributed by atoms with E-state index in [-0.39, 0.29) is 11.5 Å². The van der Waals surface area contributed by atoms with E-state index >= 15 is 0 Å². The molecule has 0 saturated carbocycles. The first-order valence-corrected chi connectivity index (χ1v) is 8.98. The average molecular weight is 280 g/mol. The Morgan fingerprint density at radius 2 is 1.14 bits per heavy atom. The predicted molar refractivity (Wildman–Crippen MR) is 57.2 cm³/mol. The van der Waals surface area contributed by atoms with E-state index in [1.165, 1.54) is 12.2 Å². The van der Waals surface area contributed by atoms with Crippen LogP contribution in [0.3, 0.4) is 0 Å². The van der Waals surface area contributed by atoms with Gasteiger partial charge in [-0.15, -0.1) is 0 Å². The molecule has 0 aromatic heterocycles. The zero-order chi connectivity index (χ0) is 11.2. The van der Waals surface area contributed by atoms with Crippen molar-refractivity contribution in [1.82, 2.24) is 0 Å². The standard InChI is InChI=1S/C4H8O6S4/c5-13(6,7)11-3-1-2-4-12-14(8,9)10/h1-2H,3-4H2,(H,5,6,7)(H,8,9,10)/b2-1+. The van der Waals surface area contributed by atoms with E-state index in [0.717, 1.165) is 0 Å². The van der Waals surface area contributed by atoms with Crippen molar-refractivity contribution in [3.63, 3.8) is 0 Å². The van der Waals surface area contributed by atoms with Gasteiger partial charge in [0.1, 0.15) is 0 Å². The Balaban J connectivity index is 3.67. The summed E-state index contributed by atoms with van der Waals surface area (Å²) in [4.78, 5) is 0. The third-order valence-electron chi connectivity index (χ3n) is 0.793. The molecular formula is C4H8O6S4. The number of rotatable bonds is 6. The molecule has 0 unspecified atom stereocenters. The van der Waals surface area contributed by atoms with Gasteiger partial charge in [0.25, 0.3) is 0 Å². The van der Waals surface area contributed by atoms with Gasteiger partial charge in [0, 0.05) is 33.1 Å². The Kier molecular flexibility index (Phi) is 6.09. The zero-order valence-electron chi connectivity index (χ0n) is 6.73. The van der Waals surface area contributed by atoms with Crippen LogP contribution in [0.25, 0.3) is 0 Å². The average Bonchev–Trinajstić information content (AvgIpc) is 1.92. The highest BCUT2D eigenvalue weighted by Gasteiger charge is 2.03. The van der Waals surface area contributed by atoms with E-state index in [2.05, 4.69) is 0 Å². The molecule has 0 heterocycles. The van der Waals surface area contributed by atoms with Gasteiger partial charge in [0.05, 0.1) is 0 Å². The van der Waals surface area contributed by atoms with Gasteiger partial charge in [0.2, 0.25) is 0 Å². The van der Waals surface area contributed by atoms with Gasteiger partial charge in [-0.2, -0.15) is 16.8 Å². The summed E-state index contributed by atoms with van der Waals surface area (Å²) >= 11 is 0. The largest absolute Gasteiger partial charge is 0.320 e. The molecule has 0 aromatic carbocycles. The Labute approximate surface area is 89.4 Å². The van der Waals surface area contributed by atoms with E-state index in [4.69, 9.17) is 9.11 Å². The predicted octanol–water partition coefficient (Wildman–Crippen LogP) is 0.615. The van der Waals surface area contributed by atoms with E-state index < -0.39 is 18.3 Å². The van der Waals surface area contributed by atoms with E-state index in [0.29, 0.717) is 21.6 Å². The van der Waals surface area contributed by atoms with Crippen LogP contribution in [0.1, 0.15) is 0 Å². The lowest BCUT2D eigenvalue weighted by Gasteiger charge is -1.91. The monoisotopic (exact) mass is 280 g/mol. The fourth-order valence-corrected chi connectivity index (χ4v) is 2.66. The van der Waals surface area contributed by atoms with E-state index in [9.17, 15) is 16.8 Å². The van der Waals surface area contributed by atoms with Crippen molar-refractivity contribution in [1.29, 1.82) is 0 Å². The Hall–Kier alpha value is 0.260. The normalized spacial score (nSPS) is 13.6. The number of hydrogen-bond donors (Lipinski definition) is 2. The van der Waals surface area contributed by atoms with Crippen molar-refractivity contribution in [2.75, 3.05) is 11.5 Å². The molecule has 84 valence electrons. The van der Waals surface area contributed by atoms with Crippen LogP contribution in [-0.2, 0) is 18.3 Å². The molecule has 14 heavy (non-hydrogen) atoms. The first-order chi connectivity index (χ1) is 6.21. The topological polar surface area (TPSA) is 109 Å². The van der Waals surface area contributed by atoms with Crippen LogP contribution in [0, 0.1) is 0 Å². The van der Waals surface area contributed by atoms with Gasteiger partial charge in [-0.3, -0.25) is 9.11 Å². The van der Waals surface area contributed by atoms with Crippen molar-refractivity contribution in [2.45, 2.75) is 0 Å². The molecule has 10 heteroatoms. The summed E-state index contributed by atoms with van der Waals surface area (Å²) in [6.07, 6.45) is 2.74. The molecule has 6 nitrogen and oxygen atoms in total. The van der Waals surface area contributed by atoms with Crippen molar-refractivity contribution in [3.8, 4) is 0 Å². The van der Waals surface area contributed by atoms with Crippen LogP contribution in [0.15, 0.2) is 12.2 Å². The Morgan fingerprint density at radius 1 is 0.857 bits per heavy atom. The van der Waals surface area contributed by atoms with Crippen LogP contribution in [0.2, 0.25) is 0 Å². The molecule has 0 bridgehead atoms. The van der Waals surface area contributed by atoms with Gasteiger partial charge < -0.3 is 0 Å². The lowest BCUT2D eigenvalue weighted by Crippen LogP contribution is -1.91. The van der Waals surface area contributed by atoms with Crippen LogP contribution in [0.4, 0.5) is 0 Å². The highest BCUT2D eigenvalue weighted by atomic mass is 33.2. The first-order valence-electron chi connectivity index (χ1n) is 3.09. The molecule has 0 radical (unpaired) electrons. The summed E-state index contributed by atoms with van der Waals surface area (Å²) < 4.78 is 57.2. The molecule has 0 atom stereocenters. The lowest BCUT2D eigenvalue weighted by molar-refractivity contribution is 0.501. The van der Waals surface area contributed by atoms with Gasteiger partial charge in [-0.25, -0.2) is 0 Å². The second-order valence-corrected chi connectivity index (χ2v) is 8.69. The quantitative estimate of drug-likeness (QED) is 0.414. The molecule has 0 rings (SSSR count). The van der Waals surface area contributed by atoms with Crippen LogP contribution < -0.4 is 0 Å². The molecule has 0 aliphatic carbocycles. The molecular weight excluding hydrogens is 272 g/mol. The summed E-state index contributed by atoms with van der Waals surface area (Å²) in [6, 6.07) is 0. The molecule has 0 saturated heterocycles. The summed E-state index contributed by atoms with van der Waals surface area (Å²) in [5.74, 6) is 0.0374. The molecule has 0 spiro atoms. The second kappa shape index (κ2) is 5.98. The van der Waals surface area contributed by atoms with Crippen molar-refractivity contribution in [2.24, 2.45) is 0 Å². The SMILES string of the molecule is O=S(=O)(O)SC/C=C/CSS(=O)(=O)O. The van der Waals surface area contributed by atoms with Crippen molar-refractivity contribution in [3.05, 3.63) is 12.2 Å². The molecule has 0 aliphatic heterocycles. The van der Waals surface area contributed by atoms with Gasteiger partial charge in [-0.05, 0) is 0 Å². The smallest absolute Gasteiger partial charge is 0.277 e. The minimum atomic E-state index is -4.05. The molecule has 0 aliphatic rings. The molecule has 2 N–H and O–H groups in total. The summed E-state index contributed by atoms with van der Waals surface area (Å²) in [6.45, 7) is 0. The molecule has 0 fully saturated rings. The van der Waals surface area contributed by atoms with Crippen molar-refractivity contribution >= 4 is 39.9 Å². The summed E-state index contributed by atoms with van der Waals surface area (Å²) in [5.41, 5.74) is 0. The van der Waals surface area contributed by atoms with Gasteiger partial charge >= 0.3 is 18.3 Å². The fraction of sp³-hybridized carbons (Fsp3) is 0.500. The molecule has 0 amide bonds. The zero-order valence-corrected chi connectivity index (χ0v) is 10.00. The minimum Gasteiger partial charge on any atom is -0.277 e. The highest BCUT2D eigenvalue weighted by Crippen LogP contribution is 2.11. The van der Waals surface area contributed by atoms with Crippen LogP contribution in [0.5, 0.6) is 0 Å². The number of hydrogen-bond acceptors (Lipinski definition) is 6. The Bertz CT molecular complexity index is 340. The third kappa shape index (κ3) is 12.3. The Morgan fingerprint density at radius 3 is 1.36 bits per heavy atom. The summed E-state index contributed by atoms with van der Waals surface area (Å²) in [5, 5.41) is 0. The van der Waals surface area contributed by atoms with Crippen LogP contribution >= 0.6 is 21.6 Å². The van der Waals surface area contributed by atoms with E-state index in [1.54, 1.807) is 0 Å². The lowest BCUT2D eigenvalue weighted by atomic mass is 10.6. The second-order valence-electron chi connectivity index (χ2n) is 1.90. The summed E-state index contributed by atoms with van der Waals surface area (Å²) in [7, 11) is -7.47. The van der Waals surface area contributed by atoms with Gasteiger partial charge in [0.15, 0.2) is 0 Å². The maximum absolute atomic E-state index is 10.2. The highest BCUT2D eigenvalue weighted by molar-refractivity contribution is 8.70. The van der Waals surface area contributed by atoms with Crippen LogP contribution in [-0.4, -0.2) is 37.4 Å². The fourth-order valence-electron chi connectivity index (χ4n) is 0.387. The maximum atomic E-state index is 10.2. The third-order valence-corrected chi connectivity index (χ3v) is 4.65. The first kappa shape index (κ1) is 14.3. The maximum Gasteiger partial charge on any atom is 0.320 e. The minimum absolute atomic E-state index is 0.0187. The van der Waals surface area contributed by atoms with Crippen molar-refractivity contribution < 1.29 is 25.9 Å². The van der Waals surface area contributed by atoms with Gasteiger partial charge in [-0.1, -0.05) is 12.2 Å². The van der Waals surface area contributed by atoms with E-state index in [1.807, 2.05) is 0 Å².